The summed E-state index contributed by atoms with van der Waals surface area (Å²) >= 11 is 1.62. The van der Waals surface area contributed by atoms with Gasteiger partial charge in [0.25, 0.3) is 5.91 Å². The van der Waals surface area contributed by atoms with E-state index in [-0.39, 0.29) is 18.4 Å². The van der Waals surface area contributed by atoms with Crippen LogP contribution >= 0.6 is 11.3 Å². The van der Waals surface area contributed by atoms with Crippen LogP contribution in [-0.2, 0) is 22.5 Å². The molecule has 2 aromatic heterocycles. The molecule has 0 bridgehead atoms. The van der Waals surface area contributed by atoms with E-state index in [9.17, 15) is 9.59 Å². The number of carbonyl (C=O) groups is 2. The minimum Gasteiger partial charge on any atom is -0.381 e. The smallest absolute Gasteiger partial charge is 0.253 e. The fourth-order valence-electron chi connectivity index (χ4n) is 3.73. The highest BCUT2D eigenvalue weighted by atomic mass is 32.1. The van der Waals surface area contributed by atoms with Crippen molar-refractivity contribution in [3.8, 4) is 0 Å². The van der Waals surface area contributed by atoms with Gasteiger partial charge >= 0.3 is 0 Å². The lowest BCUT2D eigenvalue weighted by Gasteiger charge is -2.33. The predicted octanol–water partition coefficient (Wildman–Crippen LogP) is 2.61. The van der Waals surface area contributed by atoms with Crippen LogP contribution in [0.5, 0.6) is 0 Å². The van der Waals surface area contributed by atoms with E-state index in [2.05, 4.69) is 27.5 Å². The van der Waals surface area contributed by atoms with Crippen molar-refractivity contribution in [3.63, 3.8) is 0 Å². The molecule has 0 radical (unpaired) electrons. The van der Waals surface area contributed by atoms with Crippen LogP contribution in [0.3, 0.4) is 0 Å². The third kappa shape index (κ3) is 4.79. The fourth-order valence-corrected chi connectivity index (χ4v) is 4.63. The molecular weight excluding hydrogens is 402 g/mol. The number of rotatable bonds is 7. The van der Waals surface area contributed by atoms with E-state index >= 15 is 0 Å². The van der Waals surface area contributed by atoms with E-state index in [0.29, 0.717) is 36.1 Å². The van der Waals surface area contributed by atoms with Crippen LogP contribution in [-0.4, -0.2) is 48.1 Å². The number of amides is 2. The molecule has 1 saturated heterocycles. The molecule has 2 N–H and O–H groups in total. The molecule has 4 rings (SSSR count). The summed E-state index contributed by atoms with van der Waals surface area (Å²) in [5, 5.41) is 9.03. The van der Waals surface area contributed by atoms with Gasteiger partial charge in [-0.15, -0.1) is 11.3 Å². The average Bonchev–Trinajstić information content (AvgIpc) is 3.22. The maximum absolute atomic E-state index is 12.7. The maximum atomic E-state index is 12.7. The second kappa shape index (κ2) is 9.53. The molecule has 8 nitrogen and oxygen atoms in total. The zero-order valence-electron chi connectivity index (χ0n) is 17.1. The van der Waals surface area contributed by atoms with Gasteiger partial charge in [-0.1, -0.05) is 6.92 Å². The Morgan fingerprint density at radius 1 is 1.40 bits per heavy atom. The van der Waals surface area contributed by atoms with Gasteiger partial charge in [0.15, 0.2) is 0 Å². The number of hydrogen-bond acceptors (Lipinski definition) is 7. The molecule has 2 aliphatic heterocycles. The topological polar surface area (TPSA) is 96.5 Å². The summed E-state index contributed by atoms with van der Waals surface area (Å²) in [4.78, 5) is 36.0. The summed E-state index contributed by atoms with van der Waals surface area (Å²) in [6.45, 7) is 4.81. The molecule has 30 heavy (non-hydrogen) atoms. The molecule has 2 aromatic rings. The lowest BCUT2D eigenvalue weighted by Crippen LogP contribution is -2.44. The quantitative estimate of drug-likeness (QED) is 0.702. The monoisotopic (exact) mass is 429 g/mol. The molecule has 0 atom stereocenters. The van der Waals surface area contributed by atoms with Crippen molar-refractivity contribution in [2.45, 2.75) is 39.2 Å². The van der Waals surface area contributed by atoms with E-state index in [1.807, 2.05) is 5.38 Å². The van der Waals surface area contributed by atoms with Gasteiger partial charge < -0.3 is 20.3 Å². The number of nitrogens with one attached hydrogen (secondary N) is 2. The first-order valence-electron chi connectivity index (χ1n) is 10.5. The molecule has 0 aliphatic carbocycles. The number of hydrogen-bond donors (Lipinski definition) is 2. The minimum absolute atomic E-state index is 0.000670. The van der Waals surface area contributed by atoms with Crippen LogP contribution in [0.4, 0.5) is 11.5 Å². The molecule has 2 amide bonds. The summed E-state index contributed by atoms with van der Waals surface area (Å²) in [6.07, 6.45) is 5.43. The highest BCUT2D eigenvalue weighted by Gasteiger charge is 2.29. The second-order valence-corrected chi connectivity index (χ2v) is 8.61. The van der Waals surface area contributed by atoms with Crippen molar-refractivity contribution < 1.29 is 14.3 Å². The fraction of sp³-hybridized carbons (Fsp3) is 0.524. The number of aryl methyl sites for hydroxylation is 1. The van der Waals surface area contributed by atoms with Gasteiger partial charge in [-0.05, 0) is 37.7 Å². The van der Waals surface area contributed by atoms with E-state index in [1.54, 1.807) is 28.5 Å². The Morgan fingerprint density at radius 2 is 2.23 bits per heavy atom. The predicted molar refractivity (Wildman–Crippen MR) is 116 cm³/mol. The standard InChI is InChI=1S/C21H27N5O3S/c1-2-3-18-25-16(13-30-18)10-24-21(28)15-8-17-20(22-9-15)23-11-19(27)26(17)12-14-4-6-29-7-5-14/h8-9,13-14H,2-7,10-12H2,1H3,(H,22,23)(H,24,28). The van der Waals surface area contributed by atoms with Gasteiger partial charge in [-0.2, -0.15) is 0 Å². The molecule has 2 aliphatic rings. The molecule has 0 unspecified atom stereocenters. The Labute approximate surface area is 180 Å². The molecule has 4 heterocycles. The minimum atomic E-state index is -0.223. The zero-order valence-corrected chi connectivity index (χ0v) is 18.0. The van der Waals surface area contributed by atoms with E-state index < -0.39 is 0 Å². The summed E-state index contributed by atoms with van der Waals surface area (Å²) in [5.41, 5.74) is 1.97. The Hall–Kier alpha value is -2.52. The van der Waals surface area contributed by atoms with E-state index in [4.69, 9.17) is 4.74 Å². The number of nitrogens with zero attached hydrogens (tertiary/aromatic N) is 3. The molecular formula is C21H27N5O3S. The van der Waals surface area contributed by atoms with Crippen LogP contribution < -0.4 is 15.5 Å². The Kier molecular flexibility index (Phi) is 6.59. The normalized spacial score (nSPS) is 16.8. The van der Waals surface area contributed by atoms with Crippen molar-refractivity contribution in [2.75, 3.05) is 36.5 Å². The van der Waals surface area contributed by atoms with Gasteiger partial charge in [0.05, 0.1) is 35.0 Å². The third-order valence-electron chi connectivity index (χ3n) is 5.40. The van der Waals surface area contributed by atoms with Gasteiger partial charge in [0.2, 0.25) is 5.91 Å². The number of aromatic nitrogens is 2. The number of pyridine rings is 1. The highest BCUT2D eigenvalue weighted by Crippen LogP contribution is 2.30. The van der Waals surface area contributed by atoms with Crippen molar-refractivity contribution in [1.29, 1.82) is 0 Å². The van der Waals surface area contributed by atoms with E-state index in [0.717, 1.165) is 49.6 Å². The van der Waals surface area contributed by atoms with Crippen molar-refractivity contribution >= 4 is 34.7 Å². The summed E-state index contributed by atoms with van der Waals surface area (Å²) in [5.74, 6) is 0.814. The number of anilines is 2. The Balaban J connectivity index is 1.45. The van der Waals surface area contributed by atoms with Crippen molar-refractivity contribution in [2.24, 2.45) is 5.92 Å². The number of ether oxygens (including phenoxy) is 1. The van der Waals surface area contributed by atoms with Crippen LogP contribution in [0, 0.1) is 5.92 Å². The SMILES string of the molecule is CCCc1nc(CNC(=O)c2cnc3c(c2)N(CC2CCOCC2)C(=O)CN3)cs1. The van der Waals surface area contributed by atoms with Crippen molar-refractivity contribution in [3.05, 3.63) is 33.9 Å². The largest absolute Gasteiger partial charge is 0.381 e. The van der Waals surface area contributed by atoms with Crippen molar-refractivity contribution in [1.82, 2.24) is 15.3 Å². The van der Waals surface area contributed by atoms with Gasteiger partial charge in [-0.3, -0.25) is 9.59 Å². The molecule has 160 valence electrons. The van der Waals surface area contributed by atoms with Crippen LogP contribution in [0.2, 0.25) is 0 Å². The molecule has 0 saturated carbocycles. The molecule has 9 heteroatoms. The summed E-state index contributed by atoms with van der Waals surface area (Å²) in [7, 11) is 0. The van der Waals surface area contributed by atoms with Crippen LogP contribution in [0.1, 0.15) is 47.2 Å². The van der Waals surface area contributed by atoms with Crippen LogP contribution in [0.15, 0.2) is 17.6 Å². The first kappa shape index (κ1) is 20.7. The molecule has 1 fully saturated rings. The van der Waals surface area contributed by atoms with Gasteiger partial charge in [0, 0.05) is 31.3 Å². The first-order chi connectivity index (χ1) is 14.6. The number of thiazole rings is 1. The Bertz CT molecular complexity index is 910. The maximum Gasteiger partial charge on any atom is 0.253 e. The number of carbonyl (C=O) groups excluding carboxylic acids is 2. The highest BCUT2D eigenvalue weighted by molar-refractivity contribution is 7.09. The molecule has 0 aromatic carbocycles. The number of fused-ring (bicyclic) bond motifs is 1. The Morgan fingerprint density at radius 3 is 3.03 bits per heavy atom. The lowest BCUT2D eigenvalue weighted by atomic mass is 9.99. The van der Waals surface area contributed by atoms with Crippen LogP contribution in [0.25, 0.3) is 0 Å². The first-order valence-corrected chi connectivity index (χ1v) is 11.4. The third-order valence-corrected chi connectivity index (χ3v) is 6.36. The van der Waals surface area contributed by atoms with E-state index in [1.165, 1.54) is 0 Å². The second-order valence-electron chi connectivity index (χ2n) is 7.67. The summed E-state index contributed by atoms with van der Waals surface area (Å²) < 4.78 is 5.43. The average molecular weight is 430 g/mol. The summed E-state index contributed by atoms with van der Waals surface area (Å²) in [6, 6.07) is 1.75. The van der Waals surface area contributed by atoms with Gasteiger partial charge in [-0.25, -0.2) is 9.97 Å². The molecule has 0 spiro atoms. The zero-order chi connectivity index (χ0) is 20.9. The van der Waals surface area contributed by atoms with Gasteiger partial charge in [0.1, 0.15) is 5.82 Å². The lowest BCUT2D eigenvalue weighted by molar-refractivity contribution is -0.117.